The van der Waals surface area contributed by atoms with Gasteiger partial charge in [-0.25, -0.2) is 16.3 Å². The van der Waals surface area contributed by atoms with Crippen molar-refractivity contribution in [1.29, 1.82) is 0 Å². The third-order valence-corrected chi connectivity index (χ3v) is 6.30. The number of amides is 1. The van der Waals surface area contributed by atoms with Gasteiger partial charge in [0, 0.05) is 6.04 Å². The molecule has 2 unspecified atom stereocenters. The highest BCUT2D eigenvalue weighted by molar-refractivity contribution is 5.94. The summed E-state index contributed by atoms with van der Waals surface area (Å²) < 4.78 is 10.5. The summed E-state index contributed by atoms with van der Waals surface area (Å²) in [4.78, 5) is 12.6. The Balaban J connectivity index is 1.25. The van der Waals surface area contributed by atoms with Crippen LogP contribution in [0.5, 0.6) is 11.5 Å². The highest BCUT2D eigenvalue weighted by Gasteiger charge is 2.31. The molecule has 3 aromatic carbocycles. The normalized spacial score (nSPS) is 19.6. The summed E-state index contributed by atoms with van der Waals surface area (Å²) in [6.45, 7) is 0. The van der Waals surface area contributed by atoms with Gasteiger partial charge in [-0.2, -0.15) is 5.10 Å². The topological polar surface area (TPSA) is 84.0 Å². The SMILES string of the molecule is COc1ccc(/C=N/NC(=O)C2CC(c3ccc4c5c(cccc35)CC4)NN2)cc1OC. The summed E-state index contributed by atoms with van der Waals surface area (Å²) in [6.07, 6.45) is 4.45. The Hall–Kier alpha value is -3.42. The maximum absolute atomic E-state index is 12.6. The highest BCUT2D eigenvalue weighted by Crippen LogP contribution is 2.36. The molecule has 5 rings (SSSR count). The summed E-state index contributed by atoms with van der Waals surface area (Å²) in [5.74, 6) is 1.07. The summed E-state index contributed by atoms with van der Waals surface area (Å²) in [7, 11) is 3.17. The first-order valence-electron chi connectivity index (χ1n) is 10.8. The van der Waals surface area contributed by atoms with Gasteiger partial charge < -0.3 is 9.47 Å². The van der Waals surface area contributed by atoms with E-state index in [1.54, 1.807) is 32.6 Å². The Morgan fingerprint density at radius 2 is 1.84 bits per heavy atom. The summed E-state index contributed by atoms with van der Waals surface area (Å²) >= 11 is 0. The molecule has 164 valence electrons. The van der Waals surface area contributed by atoms with Crippen molar-refractivity contribution in [3.8, 4) is 11.5 Å². The van der Waals surface area contributed by atoms with Crippen molar-refractivity contribution in [3.63, 3.8) is 0 Å². The lowest BCUT2D eigenvalue weighted by atomic mass is 9.93. The van der Waals surface area contributed by atoms with Crippen molar-refractivity contribution in [2.24, 2.45) is 5.10 Å². The van der Waals surface area contributed by atoms with Gasteiger partial charge in [-0.15, -0.1) is 0 Å². The molecule has 1 saturated heterocycles. The zero-order valence-electron chi connectivity index (χ0n) is 18.1. The first-order valence-corrected chi connectivity index (χ1v) is 10.8. The van der Waals surface area contributed by atoms with E-state index in [1.165, 1.54) is 27.5 Å². The predicted octanol–water partition coefficient (Wildman–Crippen LogP) is 3.01. The van der Waals surface area contributed by atoms with E-state index in [1.807, 2.05) is 6.07 Å². The molecule has 0 saturated carbocycles. The molecule has 7 nitrogen and oxygen atoms in total. The van der Waals surface area contributed by atoms with Crippen LogP contribution in [0.15, 0.2) is 53.6 Å². The van der Waals surface area contributed by atoms with Crippen LogP contribution in [0.2, 0.25) is 0 Å². The maximum atomic E-state index is 12.6. The van der Waals surface area contributed by atoms with Gasteiger partial charge in [0.05, 0.1) is 20.4 Å². The predicted molar refractivity (Wildman–Crippen MR) is 124 cm³/mol. The fourth-order valence-corrected chi connectivity index (χ4v) is 4.69. The molecular weight excluding hydrogens is 404 g/mol. The molecule has 0 spiro atoms. The first kappa shape index (κ1) is 20.5. The molecule has 2 atom stereocenters. The average molecular weight is 431 g/mol. The number of hydrogen-bond acceptors (Lipinski definition) is 6. The molecule has 2 aliphatic rings. The number of hydrogen-bond donors (Lipinski definition) is 3. The molecule has 1 aliphatic carbocycles. The van der Waals surface area contributed by atoms with Gasteiger partial charge in [-0.1, -0.05) is 30.3 Å². The monoisotopic (exact) mass is 430 g/mol. The van der Waals surface area contributed by atoms with E-state index in [0.717, 1.165) is 18.4 Å². The minimum absolute atomic E-state index is 0.0606. The number of benzene rings is 3. The molecule has 1 fully saturated rings. The van der Waals surface area contributed by atoms with Crippen molar-refractivity contribution in [2.75, 3.05) is 14.2 Å². The van der Waals surface area contributed by atoms with Gasteiger partial charge in [0.15, 0.2) is 11.5 Å². The maximum Gasteiger partial charge on any atom is 0.258 e. The zero-order chi connectivity index (χ0) is 22.1. The number of rotatable bonds is 6. The Labute approximate surface area is 186 Å². The molecule has 0 aromatic heterocycles. The second-order valence-corrected chi connectivity index (χ2v) is 8.13. The second-order valence-electron chi connectivity index (χ2n) is 8.13. The van der Waals surface area contributed by atoms with Crippen molar-refractivity contribution < 1.29 is 14.3 Å². The number of carbonyl (C=O) groups is 1. The largest absolute Gasteiger partial charge is 0.493 e. The van der Waals surface area contributed by atoms with Crippen LogP contribution >= 0.6 is 0 Å². The second kappa shape index (κ2) is 8.61. The molecule has 0 radical (unpaired) electrons. The highest BCUT2D eigenvalue weighted by atomic mass is 16.5. The molecular formula is C25H26N4O3. The first-order chi connectivity index (χ1) is 15.7. The van der Waals surface area contributed by atoms with E-state index in [-0.39, 0.29) is 18.0 Å². The number of hydrazone groups is 1. The average Bonchev–Trinajstić information content (AvgIpc) is 3.48. The minimum atomic E-state index is -0.370. The van der Waals surface area contributed by atoms with E-state index in [9.17, 15) is 4.79 Å². The van der Waals surface area contributed by atoms with Gasteiger partial charge in [0.25, 0.3) is 5.91 Å². The van der Waals surface area contributed by atoms with Crippen molar-refractivity contribution in [2.45, 2.75) is 31.3 Å². The summed E-state index contributed by atoms with van der Waals surface area (Å²) in [5, 5.41) is 6.78. The van der Waals surface area contributed by atoms with Crippen LogP contribution in [0.25, 0.3) is 10.8 Å². The lowest BCUT2D eigenvalue weighted by Crippen LogP contribution is -2.41. The van der Waals surface area contributed by atoms with Crippen LogP contribution in [0.1, 0.15) is 34.7 Å². The number of hydrazine groups is 1. The fourth-order valence-electron chi connectivity index (χ4n) is 4.69. The Bertz CT molecular complexity index is 1200. The lowest BCUT2D eigenvalue weighted by molar-refractivity contribution is -0.122. The summed E-state index contributed by atoms with van der Waals surface area (Å²) in [5.41, 5.74) is 13.9. The third-order valence-electron chi connectivity index (χ3n) is 6.30. The number of methoxy groups -OCH3 is 2. The van der Waals surface area contributed by atoms with Crippen LogP contribution in [-0.4, -0.2) is 32.4 Å². The third kappa shape index (κ3) is 3.70. The molecule has 0 bridgehead atoms. The van der Waals surface area contributed by atoms with Crippen molar-refractivity contribution in [1.82, 2.24) is 16.3 Å². The number of nitrogens with one attached hydrogen (secondary N) is 3. The van der Waals surface area contributed by atoms with Gasteiger partial charge in [-0.05, 0) is 70.5 Å². The number of nitrogens with zero attached hydrogens (tertiary/aromatic N) is 1. The molecule has 32 heavy (non-hydrogen) atoms. The molecule has 7 heteroatoms. The summed E-state index contributed by atoms with van der Waals surface area (Å²) in [6, 6.07) is 16.1. The Morgan fingerprint density at radius 3 is 2.66 bits per heavy atom. The molecule has 3 aromatic rings. The van der Waals surface area contributed by atoms with Crippen molar-refractivity contribution in [3.05, 3.63) is 70.8 Å². The van der Waals surface area contributed by atoms with Crippen molar-refractivity contribution >= 4 is 22.9 Å². The van der Waals surface area contributed by atoms with Gasteiger partial charge >= 0.3 is 0 Å². The van der Waals surface area contributed by atoms with E-state index in [4.69, 9.17) is 9.47 Å². The van der Waals surface area contributed by atoms with E-state index < -0.39 is 0 Å². The van der Waals surface area contributed by atoms with Crippen LogP contribution < -0.4 is 25.8 Å². The Morgan fingerprint density at radius 1 is 1.03 bits per heavy atom. The van der Waals surface area contributed by atoms with E-state index >= 15 is 0 Å². The number of ether oxygens (including phenoxy) is 2. The number of carbonyl (C=O) groups excluding carboxylic acids is 1. The van der Waals surface area contributed by atoms with Gasteiger partial charge in [-0.3, -0.25) is 4.79 Å². The molecule has 1 aliphatic heterocycles. The fraction of sp³-hybridized carbons (Fsp3) is 0.280. The van der Waals surface area contributed by atoms with E-state index in [0.29, 0.717) is 17.9 Å². The van der Waals surface area contributed by atoms with Gasteiger partial charge in [0.1, 0.15) is 6.04 Å². The van der Waals surface area contributed by atoms with Crippen LogP contribution in [0, 0.1) is 0 Å². The molecule has 3 N–H and O–H groups in total. The minimum Gasteiger partial charge on any atom is -0.493 e. The Kier molecular flexibility index (Phi) is 5.51. The van der Waals surface area contributed by atoms with E-state index in [2.05, 4.69) is 51.7 Å². The smallest absolute Gasteiger partial charge is 0.258 e. The molecule has 1 heterocycles. The number of aryl methyl sites for hydroxylation is 2. The quantitative estimate of drug-likeness (QED) is 0.414. The van der Waals surface area contributed by atoms with Crippen LogP contribution in [0.4, 0.5) is 0 Å². The van der Waals surface area contributed by atoms with Gasteiger partial charge in [0.2, 0.25) is 0 Å². The van der Waals surface area contributed by atoms with Crippen LogP contribution in [0.3, 0.4) is 0 Å². The van der Waals surface area contributed by atoms with Crippen LogP contribution in [-0.2, 0) is 17.6 Å². The lowest BCUT2D eigenvalue weighted by Gasteiger charge is -2.14. The standard InChI is InChI=1S/C25H26N4O3/c1-31-22-11-6-15(12-23(22)32-2)14-26-29-25(30)21-13-20(27-28-21)18-10-9-17-8-7-16-4-3-5-19(18)24(16)17/h3-6,9-12,14,20-21,27-28H,7-8,13H2,1-2H3,(H,29,30)/b26-14+. The molecule has 1 amide bonds. The zero-order valence-corrected chi connectivity index (χ0v) is 18.1.